The van der Waals surface area contributed by atoms with Crippen molar-refractivity contribution >= 4 is 0 Å². The van der Waals surface area contributed by atoms with Gasteiger partial charge in [0.25, 0.3) is 0 Å². The molecule has 1 unspecified atom stereocenters. The number of hydrogen-bond acceptors (Lipinski definition) is 3. The highest BCUT2D eigenvalue weighted by Gasteiger charge is 2.32. The Labute approximate surface area is 119 Å². The van der Waals surface area contributed by atoms with Gasteiger partial charge in [-0.15, -0.1) is 0 Å². The molecule has 0 radical (unpaired) electrons. The molecule has 2 rings (SSSR count). The van der Waals surface area contributed by atoms with Crippen LogP contribution >= 0.6 is 0 Å². The number of halogens is 3. The maximum Gasteiger partial charge on any atom is 0.419 e. The van der Waals surface area contributed by atoms with Crippen LogP contribution in [0.4, 0.5) is 13.2 Å². The Balaban J connectivity index is 2.11. The molecule has 1 aromatic carbocycles. The van der Waals surface area contributed by atoms with E-state index in [1.807, 2.05) is 6.07 Å². The molecule has 4 nitrogen and oxygen atoms in total. The molecule has 1 heterocycles. The molecule has 7 heteroatoms. The highest BCUT2D eigenvalue weighted by molar-refractivity contribution is 5.30. The minimum atomic E-state index is -4.42. The van der Waals surface area contributed by atoms with Crippen LogP contribution in [-0.2, 0) is 18.3 Å². The highest BCUT2D eigenvalue weighted by atomic mass is 19.4. The molecule has 0 fully saturated rings. The molecule has 1 aromatic heterocycles. The Kier molecular flexibility index (Phi) is 4.00. The Bertz CT molecular complexity index is 642. The molecule has 110 valence electrons. The van der Waals surface area contributed by atoms with Crippen molar-refractivity contribution in [1.82, 2.24) is 9.78 Å². The van der Waals surface area contributed by atoms with Crippen molar-refractivity contribution in [2.45, 2.75) is 24.7 Å². The maximum atomic E-state index is 12.5. The first-order valence-electron chi connectivity index (χ1n) is 6.20. The molecular weight excluding hydrogens is 281 g/mol. The molecule has 0 amide bonds. The molecule has 0 spiro atoms. The van der Waals surface area contributed by atoms with Crippen molar-refractivity contribution in [3.05, 3.63) is 53.9 Å². The summed E-state index contributed by atoms with van der Waals surface area (Å²) in [5.74, 6) is 0. The van der Waals surface area contributed by atoms with E-state index < -0.39 is 17.3 Å². The van der Waals surface area contributed by atoms with E-state index in [-0.39, 0.29) is 13.0 Å². The number of nitriles is 1. The first kappa shape index (κ1) is 15.1. The summed E-state index contributed by atoms with van der Waals surface area (Å²) in [6.45, 7) is 0.120. The molecule has 0 aliphatic carbocycles. The standard InChI is InChI=1S/C14H13F3N4/c15-14(16,17)12-8-20-21(9-12)7-6-13(19,10-18)11-4-2-1-3-5-11/h1-5,8-9H,6-7,19H2. The van der Waals surface area contributed by atoms with Gasteiger partial charge in [-0.3, -0.25) is 4.68 Å². The summed E-state index contributed by atoms with van der Waals surface area (Å²) in [6.07, 6.45) is -2.60. The van der Waals surface area contributed by atoms with E-state index in [0.717, 1.165) is 17.1 Å². The van der Waals surface area contributed by atoms with Crippen LogP contribution in [0.5, 0.6) is 0 Å². The summed E-state index contributed by atoms with van der Waals surface area (Å²) in [4.78, 5) is 0. The van der Waals surface area contributed by atoms with Crippen LogP contribution in [0, 0.1) is 11.3 Å². The average Bonchev–Trinajstić information content (AvgIpc) is 2.95. The first-order valence-corrected chi connectivity index (χ1v) is 6.20. The molecular formula is C14H13F3N4. The normalized spacial score (nSPS) is 14.4. The van der Waals surface area contributed by atoms with Crippen molar-refractivity contribution in [3.63, 3.8) is 0 Å². The topological polar surface area (TPSA) is 67.6 Å². The van der Waals surface area contributed by atoms with Gasteiger partial charge in [-0.05, 0) is 5.56 Å². The largest absolute Gasteiger partial charge is 0.419 e. The van der Waals surface area contributed by atoms with Gasteiger partial charge in [0.05, 0.1) is 17.8 Å². The second-order valence-corrected chi connectivity index (χ2v) is 4.69. The minimum Gasteiger partial charge on any atom is -0.310 e. The van der Waals surface area contributed by atoms with Gasteiger partial charge in [0.2, 0.25) is 0 Å². The summed E-state index contributed by atoms with van der Waals surface area (Å²) >= 11 is 0. The van der Waals surface area contributed by atoms with Gasteiger partial charge >= 0.3 is 6.18 Å². The minimum absolute atomic E-state index is 0.120. The van der Waals surface area contributed by atoms with E-state index in [4.69, 9.17) is 5.73 Å². The van der Waals surface area contributed by atoms with E-state index >= 15 is 0 Å². The van der Waals surface area contributed by atoms with Gasteiger partial charge in [-0.2, -0.15) is 23.5 Å². The van der Waals surface area contributed by atoms with Crippen LogP contribution in [0.15, 0.2) is 42.7 Å². The van der Waals surface area contributed by atoms with Gasteiger partial charge in [-0.25, -0.2) is 0 Å². The van der Waals surface area contributed by atoms with Crippen molar-refractivity contribution in [1.29, 1.82) is 5.26 Å². The van der Waals surface area contributed by atoms with Crippen LogP contribution in [0.25, 0.3) is 0 Å². The zero-order valence-electron chi connectivity index (χ0n) is 11.0. The third-order valence-electron chi connectivity index (χ3n) is 3.18. The second kappa shape index (κ2) is 5.58. The molecule has 21 heavy (non-hydrogen) atoms. The van der Waals surface area contributed by atoms with E-state index in [1.165, 1.54) is 0 Å². The molecule has 2 N–H and O–H groups in total. The van der Waals surface area contributed by atoms with Crippen LogP contribution in [0.1, 0.15) is 17.5 Å². The predicted octanol–water partition coefficient (Wildman–Crippen LogP) is 2.67. The van der Waals surface area contributed by atoms with Gasteiger partial charge in [0.15, 0.2) is 0 Å². The fourth-order valence-corrected chi connectivity index (χ4v) is 1.92. The lowest BCUT2D eigenvalue weighted by Gasteiger charge is -2.21. The molecule has 0 bridgehead atoms. The summed E-state index contributed by atoms with van der Waals surface area (Å²) < 4.78 is 38.6. The van der Waals surface area contributed by atoms with Crippen molar-refractivity contribution in [3.8, 4) is 6.07 Å². The highest BCUT2D eigenvalue weighted by Crippen LogP contribution is 2.29. The lowest BCUT2D eigenvalue weighted by atomic mass is 9.89. The zero-order chi connectivity index (χ0) is 15.5. The van der Waals surface area contributed by atoms with Crippen molar-refractivity contribution in [2.75, 3.05) is 0 Å². The number of alkyl halides is 3. The number of aromatic nitrogens is 2. The SMILES string of the molecule is N#CC(N)(CCn1cc(C(F)(F)F)cn1)c1ccccc1. The van der Waals surface area contributed by atoms with Gasteiger partial charge in [-0.1, -0.05) is 30.3 Å². The van der Waals surface area contributed by atoms with Crippen LogP contribution in [-0.4, -0.2) is 9.78 Å². The third-order valence-corrected chi connectivity index (χ3v) is 3.18. The Hall–Kier alpha value is -2.33. The summed E-state index contributed by atoms with van der Waals surface area (Å²) in [5, 5.41) is 12.9. The molecule has 0 saturated heterocycles. The Morgan fingerprint density at radius 2 is 1.86 bits per heavy atom. The van der Waals surface area contributed by atoms with Gasteiger partial charge in [0.1, 0.15) is 5.54 Å². The second-order valence-electron chi connectivity index (χ2n) is 4.69. The van der Waals surface area contributed by atoms with Crippen LogP contribution in [0.2, 0.25) is 0 Å². The quantitative estimate of drug-likeness (QED) is 0.942. The lowest BCUT2D eigenvalue weighted by molar-refractivity contribution is -0.137. The predicted molar refractivity (Wildman–Crippen MR) is 69.8 cm³/mol. The summed E-state index contributed by atoms with van der Waals surface area (Å²) in [7, 11) is 0. The monoisotopic (exact) mass is 294 g/mol. The van der Waals surface area contributed by atoms with E-state index in [9.17, 15) is 18.4 Å². The first-order chi connectivity index (χ1) is 9.85. The molecule has 0 aliphatic heterocycles. The number of nitrogens with zero attached hydrogens (tertiary/aromatic N) is 3. The summed E-state index contributed by atoms with van der Waals surface area (Å²) in [5.41, 5.74) is 4.58. The van der Waals surface area contributed by atoms with E-state index in [0.29, 0.717) is 5.56 Å². The van der Waals surface area contributed by atoms with Crippen molar-refractivity contribution in [2.24, 2.45) is 5.73 Å². The third kappa shape index (κ3) is 3.41. The number of rotatable bonds is 4. The molecule has 1 atom stereocenters. The van der Waals surface area contributed by atoms with E-state index in [2.05, 4.69) is 5.10 Å². The van der Waals surface area contributed by atoms with Crippen molar-refractivity contribution < 1.29 is 13.2 Å². The Morgan fingerprint density at radius 1 is 1.19 bits per heavy atom. The van der Waals surface area contributed by atoms with Crippen LogP contribution in [0.3, 0.4) is 0 Å². The lowest BCUT2D eigenvalue weighted by Crippen LogP contribution is -2.36. The number of nitrogens with two attached hydrogens (primary N) is 1. The molecule has 0 aliphatic rings. The van der Waals surface area contributed by atoms with Gasteiger partial charge in [0, 0.05) is 19.2 Å². The van der Waals surface area contributed by atoms with E-state index in [1.54, 1.807) is 30.3 Å². The smallest absolute Gasteiger partial charge is 0.310 e. The zero-order valence-corrected chi connectivity index (χ0v) is 11.0. The molecule has 2 aromatic rings. The maximum absolute atomic E-state index is 12.5. The fraction of sp³-hybridized carbons (Fsp3) is 0.286. The number of aryl methyl sites for hydroxylation is 1. The molecule has 0 saturated carbocycles. The average molecular weight is 294 g/mol. The number of benzene rings is 1. The summed E-state index contributed by atoms with van der Waals surface area (Å²) in [6, 6.07) is 10.8. The van der Waals surface area contributed by atoms with Gasteiger partial charge < -0.3 is 5.73 Å². The Morgan fingerprint density at radius 3 is 2.38 bits per heavy atom. The van der Waals surface area contributed by atoms with Crippen LogP contribution < -0.4 is 5.73 Å². The number of hydrogen-bond donors (Lipinski definition) is 1. The fourth-order valence-electron chi connectivity index (χ4n) is 1.92.